The maximum Gasteiger partial charge on any atom is 0.285 e. The van der Waals surface area contributed by atoms with E-state index in [2.05, 4.69) is 17.0 Å². The molecule has 0 spiro atoms. The van der Waals surface area contributed by atoms with Crippen molar-refractivity contribution in [2.24, 2.45) is 0 Å². The summed E-state index contributed by atoms with van der Waals surface area (Å²) < 4.78 is 0.999. The van der Waals surface area contributed by atoms with Gasteiger partial charge in [-0.05, 0) is 19.4 Å². The molecule has 0 bridgehead atoms. The zero-order valence-electron chi connectivity index (χ0n) is 10.4. The summed E-state index contributed by atoms with van der Waals surface area (Å²) in [6.45, 7) is 6.93. The Morgan fingerprint density at radius 2 is 2.28 bits per heavy atom. The summed E-state index contributed by atoms with van der Waals surface area (Å²) >= 11 is 0. The van der Waals surface area contributed by atoms with Crippen LogP contribution in [0.15, 0.2) is 17.4 Å². The Balaban J connectivity index is 3.09. The van der Waals surface area contributed by atoms with Crippen LogP contribution >= 0.6 is 0 Å². The van der Waals surface area contributed by atoms with E-state index in [0.29, 0.717) is 17.8 Å². The predicted molar refractivity (Wildman–Crippen MR) is 65.9 cm³/mol. The number of hydrogen-bond donors (Lipinski definition) is 1. The number of aryl methyl sites for hydroxylation is 1. The Labute approximate surface area is 105 Å². The standard InChI is InChI=1S/C12H14N4O2/c1-4-5-14-11(17)7-16-12(18)10(6-13)8(2)9(3)15-16/h4H,1,5,7H2,2-3H3,(H,14,17). The summed E-state index contributed by atoms with van der Waals surface area (Å²) in [6, 6.07) is 1.84. The minimum Gasteiger partial charge on any atom is -0.351 e. The molecule has 18 heavy (non-hydrogen) atoms. The smallest absolute Gasteiger partial charge is 0.285 e. The second kappa shape index (κ2) is 5.77. The van der Waals surface area contributed by atoms with Gasteiger partial charge in [-0.2, -0.15) is 10.4 Å². The van der Waals surface area contributed by atoms with E-state index < -0.39 is 5.56 Å². The van der Waals surface area contributed by atoms with Crippen LogP contribution < -0.4 is 10.9 Å². The fourth-order valence-electron chi connectivity index (χ4n) is 1.39. The summed E-state index contributed by atoms with van der Waals surface area (Å²) in [5, 5.41) is 15.5. The van der Waals surface area contributed by atoms with Crippen LogP contribution in [0.5, 0.6) is 0 Å². The van der Waals surface area contributed by atoms with Crippen LogP contribution in [-0.2, 0) is 11.3 Å². The van der Waals surface area contributed by atoms with E-state index in [0.717, 1.165) is 4.68 Å². The lowest BCUT2D eigenvalue weighted by molar-refractivity contribution is -0.121. The van der Waals surface area contributed by atoms with Crippen molar-refractivity contribution in [1.82, 2.24) is 15.1 Å². The molecule has 0 saturated carbocycles. The Bertz CT molecular complexity index is 581. The number of amides is 1. The summed E-state index contributed by atoms with van der Waals surface area (Å²) in [5.74, 6) is -0.350. The highest BCUT2D eigenvalue weighted by Crippen LogP contribution is 2.04. The third kappa shape index (κ3) is 2.83. The topological polar surface area (TPSA) is 87.8 Å². The van der Waals surface area contributed by atoms with Crippen molar-refractivity contribution in [3.63, 3.8) is 0 Å². The minimum atomic E-state index is -0.547. The monoisotopic (exact) mass is 246 g/mol. The number of nitrogens with one attached hydrogen (secondary N) is 1. The number of aromatic nitrogens is 2. The quantitative estimate of drug-likeness (QED) is 0.759. The fourth-order valence-corrected chi connectivity index (χ4v) is 1.39. The van der Waals surface area contributed by atoms with E-state index in [4.69, 9.17) is 5.26 Å². The highest BCUT2D eigenvalue weighted by molar-refractivity contribution is 5.75. The van der Waals surface area contributed by atoms with Gasteiger partial charge in [0.25, 0.3) is 5.56 Å². The van der Waals surface area contributed by atoms with Crippen molar-refractivity contribution >= 4 is 5.91 Å². The lowest BCUT2D eigenvalue weighted by Crippen LogP contribution is -2.35. The van der Waals surface area contributed by atoms with Crippen LogP contribution in [-0.4, -0.2) is 22.2 Å². The SMILES string of the molecule is C=CCNC(=O)Cn1nc(C)c(C)c(C#N)c1=O. The molecular weight excluding hydrogens is 232 g/mol. The molecule has 1 heterocycles. The summed E-state index contributed by atoms with van der Waals surface area (Å²) in [4.78, 5) is 23.3. The molecule has 94 valence electrons. The fraction of sp³-hybridized carbons (Fsp3) is 0.333. The van der Waals surface area contributed by atoms with Crippen LogP contribution in [0, 0.1) is 25.2 Å². The van der Waals surface area contributed by atoms with Crippen molar-refractivity contribution in [3.8, 4) is 6.07 Å². The summed E-state index contributed by atoms with van der Waals surface area (Å²) in [5.41, 5.74) is 0.585. The van der Waals surface area contributed by atoms with Crippen molar-refractivity contribution in [1.29, 1.82) is 5.26 Å². The van der Waals surface area contributed by atoms with E-state index in [-0.39, 0.29) is 18.0 Å². The molecule has 0 radical (unpaired) electrons. The van der Waals surface area contributed by atoms with E-state index in [1.165, 1.54) is 6.08 Å². The van der Waals surface area contributed by atoms with Gasteiger partial charge in [0.05, 0.1) is 5.69 Å². The van der Waals surface area contributed by atoms with Crippen LogP contribution in [0.2, 0.25) is 0 Å². The maximum atomic E-state index is 11.9. The van der Waals surface area contributed by atoms with Gasteiger partial charge in [-0.25, -0.2) is 4.68 Å². The molecule has 6 heteroatoms. The van der Waals surface area contributed by atoms with Gasteiger partial charge in [0.2, 0.25) is 5.91 Å². The second-order valence-electron chi connectivity index (χ2n) is 3.75. The van der Waals surface area contributed by atoms with E-state index in [1.807, 2.05) is 6.07 Å². The molecular formula is C12H14N4O2. The first-order valence-electron chi connectivity index (χ1n) is 5.37. The maximum absolute atomic E-state index is 11.9. The zero-order chi connectivity index (χ0) is 13.7. The van der Waals surface area contributed by atoms with Gasteiger partial charge >= 0.3 is 0 Å². The third-order valence-electron chi connectivity index (χ3n) is 2.49. The van der Waals surface area contributed by atoms with Crippen molar-refractivity contribution in [3.05, 3.63) is 39.8 Å². The van der Waals surface area contributed by atoms with Gasteiger partial charge in [0, 0.05) is 6.54 Å². The van der Waals surface area contributed by atoms with Gasteiger partial charge in [-0.3, -0.25) is 9.59 Å². The van der Waals surface area contributed by atoms with E-state index >= 15 is 0 Å². The molecule has 0 aliphatic carbocycles. The average Bonchev–Trinajstić information content (AvgIpc) is 2.34. The predicted octanol–water partition coefficient (Wildman–Crippen LogP) is 0.0340. The highest BCUT2D eigenvalue weighted by atomic mass is 16.2. The van der Waals surface area contributed by atoms with E-state index in [9.17, 15) is 9.59 Å². The molecule has 0 saturated heterocycles. The van der Waals surface area contributed by atoms with Crippen molar-refractivity contribution in [2.75, 3.05) is 6.54 Å². The Hall–Kier alpha value is -2.42. The Morgan fingerprint density at radius 1 is 1.61 bits per heavy atom. The third-order valence-corrected chi connectivity index (χ3v) is 2.49. The lowest BCUT2D eigenvalue weighted by atomic mass is 10.1. The molecule has 0 aliphatic heterocycles. The van der Waals surface area contributed by atoms with Crippen LogP contribution in [0.25, 0.3) is 0 Å². The highest BCUT2D eigenvalue weighted by Gasteiger charge is 2.13. The number of rotatable bonds is 4. The second-order valence-corrected chi connectivity index (χ2v) is 3.75. The minimum absolute atomic E-state index is 0.0269. The molecule has 0 unspecified atom stereocenters. The van der Waals surface area contributed by atoms with Gasteiger partial charge in [0.1, 0.15) is 18.2 Å². The van der Waals surface area contributed by atoms with Gasteiger partial charge in [-0.1, -0.05) is 6.08 Å². The van der Waals surface area contributed by atoms with Crippen molar-refractivity contribution in [2.45, 2.75) is 20.4 Å². The van der Waals surface area contributed by atoms with Crippen LogP contribution in [0.3, 0.4) is 0 Å². The molecule has 0 atom stereocenters. The first-order chi connectivity index (χ1) is 8.51. The first kappa shape index (κ1) is 13.6. The lowest BCUT2D eigenvalue weighted by Gasteiger charge is -2.08. The molecule has 6 nitrogen and oxygen atoms in total. The summed E-state index contributed by atoms with van der Waals surface area (Å²) in [7, 11) is 0. The number of nitrogens with zero attached hydrogens (tertiary/aromatic N) is 3. The largest absolute Gasteiger partial charge is 0.351 e. The number of carbonyl (C=O) groups is 1. The molecule has 0 aliphatic rings. The number of nitriles is 1. The van der Waals surface area contributed by atoms with Crippen LogP contribution in [0.1, 0.15) is 16.8 Å². The molecule has 0 fully saturated rings. The van der Waals surface area contributed by atoms with Gasteiger partial charge in [-0.15, -0.1) is 6.58 Å². The molecule has 1 N–H and O–H groups in total. The molecule has 1 rings (SSSR count). The Morgan fingerprint density at radius 3 is 2.83 bits per heavy atom. The van der Waals surface area contributed by atoms with Crippen molar-refractivity contribution < 1.29 is 4.79 Å². The van der Waals surface area contributed by atoms with E-state index in [1.54, 1.807) is 13.8 Å². The zero-order valence-corrected chi connectivity index (χ0v) is 10.4. The first-order valence-corrected chi connectivity index (χ1v) is 5.37. The average molecular weight is 246 g/mol. The number of hydrogen-bond acceptors (Lipinski definition) is 4. The van der Waals surface area contributed by atoms with Gasteiger partial charge in [0.15, 0.2) is 0 Å². The summed E-state index contributed by atoms with van der Waals surface area (Å²) in [6.07, 6.45) is 1.54. The van der Waals surface area contributed by atoms with Gasteiger partial charge < -0.3 is 5.32 Å². The van der Waals surface area contributed by atoms with Crippen LogP contribution in [0.4, 0.5) is 0 Å². The molecule has 0 aromatic carbocycles. The molecule has 1 aromatic heterocycles. The molecule has 1 aromatic rings. The normalized spacial score (nSPS) is 9.61. The number of carbonyl (C=O) groups excluding carboxylic acids is 1. The molecule has 1 amide bonds. The Kier molecular flexibility index (Phi) is 4.38.